The lowest BCUT2D eigenvalue weighted by molar-refractivity contribution is -0.127. The van der Waals surface area contributed by atoms with Crippen molar-refractivity contribution in [3.05, 3.63) is 24.2 Å². The summed E-state index contributed by atoms with van der Waals surface area (Å²) in [7, 11) is 0. The standard InChI is InChI=1S/C12H16N2O3/c1-9(8-14-6-2-5-11(14)15)13-12(16)10-4-3-7-17-10/h3-4,7,9H,2,5-6,8H2,1H3,(H,13,16). The van der Waals surface area contributed by atoms with Crippen LogP contribution in [0.2, 0.25) is 0 Å². The zero-order valence-corrected chi connectivity index (χ0v) is 9.81. The van der Waals surface area contributed by atoms with Crippen molar-refractivity contribution in [1.29, 1.82) is 0 Å². The highest BCUT2D eigenvalue weighted by Gasteiger charge is 2.22. The number of furan rings is 1. The van der Waals surface area contributed by atoms with Gasteiger partial charge in [-0.3, -0.25) is 9.59 Å². The Morgan fingerprint density at radius 2 is 2.47 bits per heavy atom. The molecule has 0 saturated carbocycles. The molecular weight excluding hydrogens is 220 g/mol. The summed E-state index contributed by atoms with van der Waals surface area (Å²) >= 11 is 0. The molecule has 2 amide bonds. The first-order valence-electron chi connectivity index (χ1n) is 5.79. The van der Waals surface area contributed by atoms with E-state index in [1.54, 1.807) is 17.0 Å². The molecule has 5 heteroatoms. The molecule has 0 aliphatic carbocycles. The van der Waals surface area contributed by atoms with Gasteiger partial charge in [0.25, 0.3) is 5.91 Å². The van der Waals surface area contributed by atoms with Gasteiger partial charge in [0.15, 0.2) is 5.76 Å². The molecule has 1 saturated heterocycles. The molecule has 5 nitrogen and oxygen atoms in total. The Balaban J connectivity index is 1.83. The molecule has 0 bridgehead atoms. The Bertz CT molecular complexity index is 400. The van der Waals surface area contributed by atoms with Gasteiger partial charge in [0, 0.05) is 25.6 Å². The SMILES string of the molecule is CC(CN1CCCC1=O)NC(=O)c1ccco1. The molecule has 17 heavy (non-hydrogen) atoms. The molecule has 0 aromatic carbocycles. The van der Waals surface area contributed by atoms with Crippen LogP contribution in [0.1, 0.15) is 30.3 Å². The number of hydrogen-bond acceptors (Lipinski definition) is 3. The minimum absolute atomic E-state index is 0.0744. The van der Waals surface area contributed by atoms with Crippen molar-refractivity contribution in [3.63, 3.8) is 0 Å². The fourth-order valence-electron chi connectivity index (χ4n) is 1.98. The summed E-state index contributed by atoms with van der Waals surface area (Å²) in [5.74, 6) is 0.225. The second kappa shape index (κ2) is 5.03. The lowest BCUT2D eigenvalue weighted by Crippen LogP contribution is -2.42. The highest BCUT2D eigenvalue weighted by Crippen LogP contribution is 2.10. The molecule has 1 aromatic rings. The fraction of sp³-hybridized carbons (Fsp3) is 0.500. The maximum atomic E-state index is 11.7. The van der Waals surface area contributed by atoms with Crippen LogP contribution in [0.5, 0.6) is 0 Å². The van der Waals surface area contributed by atoms with E-state index in [9.17, 15) is 9.59 Å². The van der Waals surface area contributed by atoms with Crippen molar-refractivity contribution in [2.75, 3.05) is 13.1 Å². The van der Waals surface area contributed by atoms with Gasteiger partial charge in [-0.2, -0.15) is 0 Å². The van der Waals surface area contributed by atoms with Crippen molar-refractivity contribution in [3.8, 4) is 0 Å². The van der Waals surface area contributed by atoms with E-state index in [2.05, 4.69) is 5.32 Å². The summed E-state index contributed by atoms with van der Waals surface area (Å²) in [4.78, 5) is 24.9. The topological polar surface area (TPSA) is 62.6 Å². The van der Waals surface area contributed by atoms with Crippen molar-refractivity contribution in [2.45, 2.75) is 25.8 Å². The second-order valence-electron chi connectivity index (χ2n) is 4.30. The first kappa shape index (κ1) is 11.7. The molecule has 0 radical (unpaired) electrons. The highest BCUT2D eigenvalue weighted by molar-refractivity contribution is 5.91. The van der Waals surface area contributed by atoms with Gasteiger partial charge in [0.1, 0.15) is 0 Å². The second-order valence-corrected chi connectivity index (χ2v) is 4.30. The van der Waals surface area contributed by atoms with Crippen LogP contribution in [-0.4, -0.2) is 35.8 Å². The molecule has 2 heterocycles. The molecule has 1 aliphatic rings. The van der Waals surface area contributed by atoms with E-state index in [1.165, 1.54) is 6.26 Å². The average Bonchev–Trinajstić information content (AvgIpc) is 2.90. The molecule has 1 aromatic heterocycles. The Labute approximate surface area is 99.8 Å². The highest BCUT2D eigenvalue weighted by atomic mass is 16.3. The van der Waals surface area contributed by atoms with Gasteiger partial charge in [0.2, 0.25) is 5.91 Å². The molecule has 1 fully saturated rings. The Kier molecular flexibility index (Phi) is 3.46. The molecule has 1 unspecified atom stereocenters. The first-order valence-corrected chi connectivity index (χ1v) is 5.79. The van der Waals surface area contributed by atoms with Gasteiger partial charge in [-0.15, -0.1) is 0 Å². The zero-order chi connectivity index (χ0) is 12.3. The van der Waals surface area contributed by atoms with Crippen LogP contribution < -0.4 is 5.32 Å². The van der Waals surface area contributed by atoms with Gasteiger partial charge in [-0.05, 0) is 25.5 Å². The number of hydrogen-bond donors (Lipinski definition) is 1. The predicted molar refractivity (Wildman–Crippen MR) is 61.5 cm³/mol. The predicted octanol–water partition coefficient (Wildman–Crippen LogP) is 1.02. The van der Waals surface area contributed by atoms with Crippen LogP contribution in [0, 0.1) is 0 Å². The van der Waals surface area contributed by atoms with Gasteiger partial charge in [-0.1, -0.05) is 0 Å². The molecule has 0 spiro atoms. The van der Waals surface area contributed by atoms with E-state index < -0.39 is 0 Å². The lowest BCUT2D eigenvalue weighted by atomic mass is 10.3. The Morgan fingerprint density at radius 1 is 1.65 bits per heavy atom. The first-order chi connectivity index (χ1) is 8.16. The zero-order valence-electron chi connectivity index (χ0n) is 9.81. The van der Waals surface area contributed by atoms with Crippen LogP contribution in [0.15, 0.2) is 22.8 Å². The summed E-state index contributed by atoms with van der Waals surface area (Å²) in [6.07, 6.45) is 3.00. The quantitative estimate of drug-likeness (QED) is 0.849. The molecule has 1 aliphatic heterocycles. The number of carbonyl (C=O) groups excluding carboxylic acids is 2. The van der Waals surface area contributed by atoms with E-state index in [0.717, 1.165) is 13.0 Å². The van der Waals surface area contributed by atoms with Crippen LogP contribution in [0.4, 0.5) is 0 Å². The van der Waals surface area contributed by atoms with Crippen LogP contribution in [0.3, 0.4) is 0 Å². The number of likely N-dealkylation sites (tertiary alicyclic amines) is 1. The third-order valence-corrected chi connectivity index (χ3v) is 2.79. The minimum Gasteiger partial charge on any atom is -0.459 e. The monoisotopic (exact) mass is 236 g/mol. The molecular formula is C12H16N2O3. The summed E-state index contributed by atoms with van der Waals surface area (Å²) in [5.41, 5.74) is 0. The largest absolute Gasteiger partial charge is 0.459 e. The van der Waals surface area contributed by atoms with E-state index in [-0.39, 0.29) is 17.9 Å². The third-order valence-electron chi connectivity index (χ3n) is 2.79. The average molecular weight is 236 g/mol. The Morgan fingerprint density at radius 3 is 3.06 bits per heavy atom. The maximum absolute atomic E-state index is 11.7. The summed E-state index contributed by atoms with van der Waals surface area (Å²) in [5, 5.41) is 2.80. The van der Waals surface area contributed by atoms with Crippen molar-refractivity contribution in [1.82, 2.24) is 10.2 Å². The van der Waals surface area contributed by atoms with Gasteiger partial charge >= 0.3 is 0 Å². The third kappa shape index (κ3) is 2.87. The number of nitrogens with one attached hydrogen (secondary N) is 1. The molecule has 1 N–H and O–H groups in total. The number of nitrogens with zero attached hydrogens (tertiary/aromatic N) is 1. The summed E-state index contributed by atoms with van der Waals surface area (Å²) in [6.45, 7) is 3.23. The van der Waals surface area contributed by atoms with Crippen LogP contribution in [0.25, 0.3) is 0 Å². The van der Waals surface area contributed by atoms with Gasteiger partial charge in [0.05, 0.1) is 6.26 Å². The molecule has 92 valence electrons. The normalized spacial score (nSPS) is 17.2. The molecule has 2 rings (SSSR count). The smallest absolute Gasteiger partial charge is 0.287 e. The number of rotatable bonds is 4. The molecule has 1 atom stereocenters. The van der Waals surface area contributed by atoms with Gasteiger partial charge in [-0.25, -0.2) is 0 Å². The maximum Gasteiger partial charge on any atom is 0.287 e. The van der Waals surface area contributed by atoms with E-state index >= 15 is 0 Å². The lowest BCUT2D eigenvalue weighted by Gasteiger charge is -2.21. The number of carbonyl (C=O) groups is 2. The Hall–Kier alpha value is -1.78. The van der Waals surface area contributed by atoms with E-state index in [4.69, 9.17) is 4.42 Å². The number of amides is 2. The summed E-state index contributed by atoms with van der Waals surface area (Å²) in [6, 6.07) is 3.21. The van der Waals surface area contributed by atoms with Crippen molar-refractivity contribution in [2.24, 2.45) is 0 Å². The van der Waals surface area contributed by atoms with Crippen LogP contribution in [-0.2, 0) is 4.79 Å². The van der Waals surface area contributed by atoms with Crippen LogP contribution >= 0.6 is 0 Å². The minimum atomic E-state index is -0.242. The van der Waals surface area contributed by atoms with E-state index in [0.29, 0.717) is 18.7 Å². The summed E-state index contributed by atoms with van der Waals surface area (Å²) < 4.78 is 4.99. The van der Waals surface area contributed by atoms with E-state index in [1.807, 2.05) is 6.92 Å². The van der Waals surface area contributed by atoms with Gasteiger partial charge < -0.3 is 14.6 Å². The fourth-order valence-corrected chi connectivity index (χ4v) is 1.98. The van der Waals surface area contributed by atoms with Crippen molar-refractivity contribution < 1.29 is 14.0 Å². The van der Waals surface area contributed by atoms with Crippen molar-refractivity contribution >= 4 is 11.8 Å².